The molecular weight excluding hydrogens is 498 g/mol. The van der Waals surface area contributed by atoms with Crippen LogP contribution in [0, 0.1) is 27.7 Å². The molecule has 0 aliphatic rings. The molecule has 3 atom stereocenters. The molecule has 2 rings (SSSR count). The number of carbonyl (C=O) groups is 3. The average Bonchev–Trinajstić information content (AvgIpc) is 2.82. The van der Waals surface area contributed by atoms with Crippen molar-refractivity contribution in [2.45, 2.75) is 92.5 Å². The Bertz CT molecular complexity index is 1120. The molecule has 0 aliphatic heterocycles. The Kier molecular flexibility index (Phi) is 10.8. The number of nitrogens with one attached hydrogen (secondary N) is 2. The van der Waals surface area contributed by atoms with Gasteiger partial charge in [-0.15, -0.1) is 0 Å². The van der Waals surface area contributed by atoms with Crippen LogP contribution < -0.4 is 10.6 Å². The maximum absolute atomic E-state index is 14.2. The lowest BCUT2D eigenvalue weighted by Gasteiger charge is -2.39. The Hall–Kier alpha value is -3.00. The SMILES string of the molecule is CCC(C)N(C(=O)C(CS)NC(=O)OC(C)(C)C)C(C(=O)Nc1c(C)cccc1C)c1c(C)cccc1C. The van der Waals surface area contributed by atoms with E-state index >= 15 is 0 Å². The summed E-state index contributed by atoms with van der Waals surface area (Å²) in [5.41, 5.74) is 4.42. The standard InChI is InChI=1S/C30H43N3O4S/c1-10-22(6)33(28(35)23(17-38)31-29(36)37-30(7,8)9)26(24-18(2)13-11-14-19(24)3)27(34)32-25-20(4)15-12-16-21(25)5/h11-16,22-23,26,38H,10,17H2,1-9H3,(H,31,36)(H,32,34). The lowest BCUT2D eigenvalue weighted by Crippen LogP contribution is -2.55. The molecule has 3 unspecified atom stereocenters. The predicted octanol–water partition coefficient (Wildman–Crippen LogP) is 6.05. The van der Waals surface area contributed by atoms with Crippen molar-refractivity contribution in [1.82, 2.24) is 10.2 Å². The van der Waals surface area contributed by atoms with E-state index in [9.17, 15) is 14.4 Å². The van der Waals surface area contributed by atoms with Crippen molar-refractivity contribution in [2.75, 3.05) is 11.1 Å². The number of hydrogen-bond acceptors (Lipinski definition) is 5. The first kappa shape index (κ1) is 31.2. The maximum Gasteiger partial charge on any atom is 0.408 e. The minimum absolute atomic E-state index is 0.0446. The molecule has 0 bridgehead atoms. The number of benzene rings is 2. The fraction of sp³-hybridized carbons (Fsp3) is 0.500. The first-order valence-corrected chi connectivity index (χ1v) is 13.7. The van der Waals surface area contributed by atoms with Crippen molar-refractivity contribution in [3.63, 3.8) is 0 Å². The summed E-state index contributed by atoms with van der Waals surface area (Å²) in [6.07, 6.45) is -0.104. The summed E-state index contributed by atoms with van der Waals surface area (Å²) in [4.78, 5) is 42.5. The van der Waals surface area contributed by atoms with E-state index in [0.717, 1.165) is 33.5 Å². The minimum atomic E-state index is -0.984. The number of carbonyl (C=O) groups excluding carboxylic acids is 3. The Morgan fingerprint density at radius 1 is 0.947 bits per heavy atom. The van der Waals surface area contributed by atoms with Crippen LogP contribution in [0.3, 0.4) is 0 Å². The first-order valence-electron chi connectivity index (χ1n) is 13.1. The number of hydrogen-bond donors (Lipinski definition) is 3. The maximum atomic E-state index is 14.2. The van der Waals surface area contributed by atoms with Crippen LogP contribution >= 0.6 is 12.6 Å². The molecule has 8 heteroatoms. The van der Waals surface area contributed by atoms with Gasteiger partial charge in [0, 0.05) is 17.5 Å². The summed E-state index contributed by atoms with van der Waals surface area (Å²) in [5.74, 6) is -0.670. The van der Waals surface area contributed by atoms with Crippen molar-refractivity contribution < 1.29 is 19.1 Å². The van der Waals surface area contributed by atoms with Crippen LogP contribution in [-0.2, 0) is 14.3 Å². The molecule has 2 aromatic carbocycles. The van der Waals surface area contributed by atoms with Crippen molar-refractivity contribution in [3.8, 4) is 0 Å². The number of amides is 3. The van der Waals surface area contributed by atoms with Crippen LogP contribution in [0.2, 0.25) is 0 Å². The molecular formula is C30H43N3O4S. The summed E-state index contributed by atoms with van der Waals surface area (Å²) >= 11 is 4.37. The summed E-state index contributed by atoms with van der Waals surface area (Å²) in [5, 5.41) is 5.78. The zero-order valence-electron chi connectivity index (χ0n) is 24.1. The largest absolute Gasteiger partial charge is 0.444 e. The van der Waals surface area contributed by atoms with E-state index in [4.69, 9.17) is 4.74 Å². The van der Waals surface area contributed by atoms with Crippen molar-refractivity contribution in [2.24, 2.45) is 0 Å². The van der Waals surface area contributed by atoms with Crippen LogP contribution in [0.4, 0.5) is 10.5 Å². The van der Waals surface area contributed by atoms with E-state index in [0.29, 0.717) is 6.42 Å². The van der Waals surface area contributed by atoms with E-state index < -0.39 is 29.7 Å². The number of nitrogens with zero attached hydrogens (tertiary/aromatic N) is 1. The highest BCUT2D eigenvalue weighted by atomic mass is 32.1. The Morgan fingerprint density at radius 2 is 1.45 bits per heavy atom. The van der Waals surface area contributed by atoms with Crippen molar-refractivity contribution in [3.05, 3.63) is 64.2 Å². The molecule has 0 fully saturated rings. The van der Waals surface area contributed by atoms with E-state index in [1.54, 1.807) is 25.7 Å². The van der Waals surface area contributed by atoms with E-state index in [2.05, 4.69) is 23.3 Å². The van der Waals surface area contributed by atoms with Gasteiger partial charge < -0.3 is 20.3 Å². The highest BCUT2D eigenvalue weighted by Crippen LogP contribution is 2.33. The number of aryl methyl sites for hydroxylation is 4. The van der Waals surface area contributed by atoms with Crippen LogP contribution in [0.25, 0.3) is 0 Å². The van der Waals surface area contributed by atoms with Crippen LogP contribution in [-0.4, -0.2) is 46.2 Å². The van der Waals surface area contributed by atoms with Gasteiger partial charge in [0.15, 0.2) is 0 Å². The highest BCUT2D eigenvalue weighted by molar-refractivity contribution is 7.80. The Balaban J connectivity index is 2.63. The third kappa shape index (κ3) is 7.76. The highest BCUT2D eigenvalue weighted by Gasteiger charge is 2.39. The number of para-hydroxylation sites is 1. The molecule has 0 aliphatic carbocycles. The second-order valence-corrected chi connectivity index (χ2v) is 11.2. The number of rotatable bonds is 9. The third-order valence-corrected chi connectivity index (χ3v) is 6.93. The smallest absolute Gasteiger partial charge is 0.408 e. The molecule has 3 amide bonds. The second-order valence-electron chi connectivity index (χ2n) is 10.8. The summed E-state index contributed by atoms with van der Waals surface area (Å²) < 4.78 is 5.39. The number of ether oxygens (including phenoxy) is 1. The Labute approximate surface area is 233 Å². The average molecular weight is 542 g/mol. The monoisotopic (exact) mass is 541 g/mol. The number of anilines is 1. The molecule has 0 aromatic heterocycles. The Morgan fingerprint density at radius 3 is 1.89 bits per heavy atom. The van der Waals surface area contributed by atoms with Crippen LogP contribution in [0.5, 0.6) is 0 Å². The van der Waals surface area contributed by atoms with E-state index in [1.165, 1.54) is 0 Å². The van der Waals surface area contributed by atoms with E-state index in [-0.39, 0.29) is 17.7 Å². The van der Waals surface area contributed by atoms with Gasteiger partial charge in [-0.25, -0.2) is 4.79 Å². The fourth-order valence-corrected chi connectivity index (χ4v) is 4.72. The second kappa shape index (κ2) is 13.2. The lowest BCUT2D eigenvalue weighted by atomic mass is 9.92. The zero-order chi connectivity index (χ0) is 28.8. The van der Waals surface area contributed by atoms with Gasteiger partial charge in [0.1, 0.15) is 17.7 Å². The van der Waals surface area contributed by atoms with Gasteiger partial charge in [0.25, 0.3) is 5.91 Å². The summed E-state index contributed by atoms with van der Waals surface area (Å²) in [6, 6.07) is 9.42. The minimum Gasteiger partial charge on any atom is -0.444 e. The molecule has 0 radical (unpaired) electrons. The molecule has 0 saturated carbocycles. The van der Waals surface area contributed by atoms with Crippen LogP contribution in [0.1, 0.15) is 74.9 Å². The predicted molar refractivity (Wildman–Crippen MR) is 157 cm³/mol. The van der Waals surface area contributed by atoms with Crippen molar-refractivity contribution >= 4 is 36.2 Å². The molecule has 2 aromatic rings. The molecule has 0 spiro atoms. The van der Waals surface area contributed by atoms with Gasteiger partial charge in [-0.1, -0.05) is 43.3 Å². The fourth-order valence-electron chi connectivity index (χ4n) is 4.47. The third-order valence-electron chi connectivity index (χ3n) is 6.56. The summed E-state index contributed by atoms with van der Waals surface area (Å²) in [7, 11) is 0. The van der Waals surface area contributed by atoms with E-state index in [1.807, 2.05) is 77.9 Å². The molecule has 0 saturated heterocycles. The van der Waals surface area contributed by atoms with Crippen LogP contribution in [0.15, 0.2) is 36.4 Å². The van der Waals surface area contributed by atoms with Gasteiger partial charge in [0.05, 0.1) is 0 Å². The first-order chi connectivity index (χ1) is 17.7. The quantitative estimate of drug-likeness (QED) is 0.337. The van der Waals surface area contributed by atoms with Gasteiger partial charge in [-0.2, -0.15) is 12.6 Å². The van der Waals surface area contributed by atoms with Crippen molar-refractivity contribution in [1.29, 1.82) is 0 Å². The number of thiol groups is 1. The number of alkyl carbamates (subject to hydrolysis) is 1. The molecule has 2 N–H and O–H groups in total. The molecule has 0 heterocycles. The normalized spacial score (nSPS) is 13.7. The molecule has 7 nitrogen and oxygen atoms in total. The van der Waals surface area contributed by atoms with Gasteiger partial charge in [-0.3, -0.25) is 9.59 Å². The molecule has 208 valence electrons. The topological polar surface area (TPSA) is 87.7 Å². The van der Waals surface area contributed by atoms with Gasteiger partial charge in [-0.05, 0) is 89.6 Å². The van der Waals surface area contributed by atoms with Gasteiger partial charge >= 0.3 is 6.09 Å². The summed E-state index contributed by atoms with van der Waals surface area (Å²) in [6.45, 7) is 16.9. The van der Waals surface area contributed by atoms with Gasteiger partial charge in [0.2, 0.25) is 5.91 Å². The lowest BCUT2D eigenvalue weighted by molar-refractivity contribution is -0.143. The zero-order valence-corrected chi connectivity index (χ0v) is 25.0. The molecule has 38 heavy (non-hydrogen) atoms.